The Labute approximate surface area is 56.8 Å². The minimum Gasteiger partial charge on any atom is -0.514 e. The predicted molar refractivity (Wildman–Crippen MR) is 32.0 cm³/mol. The number of aliphatic hydroxyl groups excluding tert-OH is 1. The molecule has 0 spiro atoms. The van der Waals surface area contributed by atoms with Gasteiger partial charge in [-0.2, -0.15) is 9.60 Å². The zero-order chi connectivity index (χ0) is 7.11. The molecular weight excluding hydrogens is 142 g/mol. The van der Waals surface area contributed by atoms with Crippen LogP contribution in [0.3, 0.4) is 0 Å². The molecule has 0 radical (unpaired) electrons. The molecule has 0 aromatic rings. The number of nitriles is 1. The minimum atomic E-state index is 0.0388. The van der Waals surface area contributed by atoms with Crippen LogP contribution in [-0.2, 0) is 9.22 Å². The molecule has 0 fully saturated rings. The quantitative estimate of drug-likeness (QED) is 0.213. The highest BCUT2D eigenvalue weighted by Crippen LogP contribution is 2.13. The smallest absolute Gasteiger partial charge is 0.150 e. The fourth-order valence-electron chi connectivity index (χ4n) is 0.140. The first kappa shape index (κ1) is 8.30. The molecular formula is C4H5NO3S. The summed E-state index contributed by atoms with van der Waals surface area (Å²) < 4.78 is 4.24. The third-order valence-corrected chi connectivity index (χ3v) is 1.000. The monoisotopic (exact) mass is 147 g/mol. The number of nitrogens with zero attached hydrogens (tertiary/aromatic N) is 1. The highest BCUT2D eigenvalue weighted by molar-refractivity contribution is 7.98. The third-order valence-electron chi connectivity index (χ3n) is 0.419. The Balaban J connectivity index is 3.49. The van der Waals surface area contributed by atoms with Crippen molar-refractivity contribution in [3.63, 3.8) is 0 Å². The van der Waals surface area contributed by atoms with Crippen LogP contribution in [0, 0.1) is 11.3 Å². The third kappa shape index (κ3) is 3.85. The molecule has 0 aliphatic rings. The predicted octanol–water partition coefficient (Wildman–Crippen LogP) is 1.14. The SMILES string of the molecule is COOS/C(C#N)=C\O. The van der Waals surface area contributed by atoms with Gasteiger partial charge >= 0.3 is 0 Å². The van der Waals surface area contributed by atoms with Crippen LogP contribution in [0.5, 0.6) is 0 Å². The van der Waals surface area contributed by atoms with Gasteiger partial charge in [-0.15, -0.1) is 0 Å². The molecule has 5 heteroatoms. The van der Waals surface area contributed by atoms with Gasteiger partial charge in [0, 0.05) is 0 Å². The molecule has 4 nitrogen and oxygen atoms in total. The number of allylic oxidation sites excluding steroid dienone is 1. The lowest BCUT2D eigenvalue weighted by Gasteiger charge is -1.91. The summed E-state index contributed by atoms with van der Waals surface area (Å²) in [6.07, 6.45) is 0.643. The lowest BCUT2D eigenvalue weighted by atomic mass is 10.7. The summed E-state index contributed by atoms with van der Waals surface area (Å²) in [7, 11) is 1.30. The van der Waals surface area contributed by atoms with E-state index in [2.05, 4.69) is 9.22 Å². The van der Waals surface area contributed by atoms with Crippen LogP contribution in [0.4, 0.5) is 0 Å². The molecule has 0 aliphatic carbocycles. The van der Waals surface area contributed by atoms with Gasteiger partial charge in [0.25, 0.3) is 0 Å². The van der Waals surface area contributed by atoms with Crippen molar-refractivity contribution in [2.24, 2.45) is 0 Å². The molecule has 0 aliphatic heterocycles. The Morgan fingerprint density at radius 1 is 1.89 bits per heavy atom. The van der Waals surface area contributed by atoms with Crippen molar-refractivity contribution in [2.45, 2.75) is 0 Å². The van der Waals surface area contributed by atoms with E-state index in [0.29, 0.717) is 18.3 Å². The van der Waals surface area contributed by atoms with Crippen molar-refractivity contribution in [1.29, 1.82) is 5.26 Å². The highest BCUT2D eigenvalue weighted by atomic mass is 32.2. The van der Waals surface area contributed by atoms with Crippen LogP contribution in [0.1, 0.15) is 0 Å². The molecule has 0 saturated heterocycles. The van der Waals surface area contributed by atoms with E-state index in [4.69, 9.17) is 10.4 Å². The lowest BCUT2D eigenvalue weighted by molar-refractivity contribution is -0.159. The van der Waals surface area contributed by atoms with Crippen molar-refractivity contribution >= 4 is 12.0 Å². The molecule has 0 rings (SSSR count). The van der Waals surface area contributed by atoms with Crippen molar-refractivity contribution < 1.29 is 14.3 Å². The number of aliphatic hydroxyl groups is 1. The van der Waals surface area contributed by atoms with E-state index in [0.717, 1.165) is 0 Å². The van der Waals surface area contributed by atoms with Gasteiger partial charge in [-0.05, 0) is 0 Å². The molecule has 0 saturated carbocycles. The van der Waals surface area contributed by atoms with Gasteiger partial charge in [-0.1, -0.05) is 0 Å². The Morgan fingerprint density at radius 3 is 2.89 bits per heavy atom. The van der Waals surface area contributed by atoms with Crippen LogP contribution in [0.15, 0.2) is 11.2 Å². The minimum absolute atomic E-state index is 0.0388. The molecule has 0 heterocycles. The Bertz CT molecular complexity index is 139. The zero-order valence-electron chi connectivity index (χ0n) is 4.70. The van der Waals surface area contributed by atoms with Gasteiger partial charge in [-0.3, -0.25) is 0 Å². The van der Waals surface area contributed by atoms with E-state index in [1.807, 2.05) is 0 Å². The summed E-state index contributed by atoms with van der Waals surface area (Å²) in [5.41, 5.74) is 0. The molecule has 0 atom stereocenters. The fraction of sp³-hybridized carbons (Fsp3) is 0.250. The van der Waals surface area contributed by atoms with Crippen LogP contribution in [0.2, 0.25) is 0 Å². The highest BCUT2D eigenvalue weighted by Gasteiger charge is 1.94. The number of hydrogen-bond donors (Lipinski definition) is 1. The zero-order valence-corrected chi connectivity index (χ0v) is 5.51. The molecule has 0 unspecified atom stereocenters. The molecule has 9 heavy (non-hydrogen) atoms. The van der Waals surface area contributed by atoms with Gasteiger partial charge in [-0.25, -0.2) is 4.89 Å². The normalized spacial score (nSPS) is 10.9. The Hall–Kier alpha value is -0.700. The maximum atomic E-state index is 8.21. The summed E-state index contributed by atoms with van der Waals surface area (Å²) in [5, 5.41) is 16.3. The van der Waals surface area contributed by atoms with Gasteiger partial charge in [0.05, 0.1) is 19.2 Å². The maximum absolute atomic E-state index is 8.21. The largest absolute Gasteiger partial charge is 0.514 e. The van der Waals surface area contributed by atoms with E-state index in [1.165, 1.54) is 7.11 Å². The molecule has 1 N–H and O–H groups in total. The fourth-order valence-corrected chi connectivity index (χ4v) is 0.361. The molecule has 0 amide bonds. The van der Waals surface area contributed by atoms with Crippen molar-refractivity contribution in [3.05, 3.63) is 11.2 Å². The summed E-state index contributed by atoms with van der Waals surface area (Å²) in [4.78, 5) is 4.17. The van der Waals surface area contributed by atoms with Gasteiger partial charge < -0.3 is 5.11 Å². The second-order valence-corrected chi connectivity index (χ2v) is 1.67. The Morgan fingerprint density at radius 2 is 2.56 bits per heavy atom. The van der Waals surface area contributed by atoms with Gasteiger partial charge in [0.2, 0.25) is 0 Å². The van der Waals surface area contributed by atoms with E-state index in [1.54, 1.807) is 6.07 Å². The molecule has 0 bridgehead atoms. The lowest BCUT2D eigenvalue weighted by Crippen LogP contribution is -1.77. The van der Waals surface area contributed by atoms with E-state index in [9.17, 15) is 0 Å². The molecule has 0 aromatic heterocycles. The van der Waals surface area contributed by atoms with Crippen molar-refractivity contribution in [3.8, 4) is 6.07 Å². The van der Waals surface area contributed by atoms with Crippen LogP contribution in [-0.4, -0.2) is 12.2 Å². The standard InChI is InChI=1S/C4H5NO3S/c1-7-8-9-4(2-5)3-6/h3,6H,1H3/b4-3-. The molecule has 50 valence electrons. The summed E-state index contributed by atoms with van der Waals surface area (Å²) in [6.45, 7) is 0. The molecule has 0 aromatic carbocycles. The average Bonchev–Trinajstić information content (AvgIpc) is 1.91. The first-order valence-electron chi connectivity index (χ1n) is 1.97. The van der Waals surface area contributed by atoms with Crippen molar-refractivity contribution in [1.82, 2.24) is 0 Å². The first-order valence-corrected chi connectivity index (χ1v) is 2.71. The van der Waals surface area contributed by atoms with Gasteiger partial charge in [0.15, 0.2) is 0 Å². The van der Waals surface area contributed by atoms with Crippen molar-refractivity contribution in [2.75, 3.05) is 7.11 Å². The van der Waals surface area contributed by atoms with E-state index in [-0.39, 0.29) is 4.91 Å². The van der Waals surface area contributed by atoms with Crippen LogP contribution >= 0.6 is 12.0 Å². The second kappa shape index (κ2) is 5.44. The second-order valence-electron chi connectivity index (χ2n) is 0.923. The summed E-state index contributed by atoms with van der Waals surface area (Å²) in [5.74, 6) is 0. The summed E-state index contributed by atoms with van der Waals surface area (Å²) in [6, 6.07) is 1.66. The van der Waals surface area contributed by atoms with E-state index < -0.39 is 0 Å². The van der Waals surface area contributed by atoms with Gasteiger partial charge in [0.1, 0.15) is 17.2 Å². The maximum Gasteiger partial charge on any atom is 0.150 e. The van der Waals surface area contributed by atoms with Crippen LogP contribution < -0.4 is 0 Å². The van der Waals surface area contributed by atoms with Crippen LogP contribution in [0.25, 0.3) is 0 Å². The first-order chi connectivity index (χ1) is 4.35. The number of rotatable bonds is 3. The topological polar surface area (TPSA) is 62.5 Å². The Kier molecular flexibility index (Phi) is 5.01. The summed E-state index contributed by atoms with van der Waals surface area (Å²) >= 11 is 0.649. The average molecular weight is 147 g/mol. The van der Waals surface area contributed by atoms with E-state index >= 15 is 0 Å². The number of hydrogen-bond acceptors (Lipinski definition) is 5.